The molecule has 0 aromatic carbocycles. The van der Waals surface area contributed by atoms with Crippen molar-refractivity contribution in [2.24, 2.45) is 0 Å². The number of aliphatic hydroxyl groups excluding tert-OH is 1. The zero-order chi connectivity index (χ0) is 10.6. The van der Waals surface area contributed by atoms with Crippen molar-refractivity contribution in [1.29, 1.82) is 0 Å². The van der Waals surface area contributed by atoms with Gasteiger partial charge in [-0.05, 0) is 6.42 Å². The molecule has 3 N–H and O–H groups in total. The first-order chi connectivity index (χ1) is 6.72. The number of thiocarbonyl (C=S) groups is 1. The van der Waals surface area contributed by atoms with Crippen LogP contribution in [0.2, 0.25) is 0 Å². The van der Waals surface area contributed by atoms with Crippen LogP contribution in [0, 0.1) is 0 Å². The van der Waals surface area contributed by atoms with Crippen LogP contribution in [0.1, 0.15) is 26.2 Å². The summed E-state index contributed by atoms with van der Waals surface area (Å²) in [6.07, 6.45) is 3.00. The lowest BCUT2D eigenvalue weighted by Gasteiger charge is -2.31. The molecule has 0 spiro atoms. The molecule has 0 heterocycles. The normalized spacial score (nSPS) is 20.8. The summed E-state index contributed by atoms with van der Waals surface area (Å²) >= 11 is 5.00. The summed E-state index contributed by atoms with van der Waals surface area (Å²) < 4.78 is 0. The molecule has 0 amide bonds. The van der Waals surface area contributed by atoms with E-state index < -0.39 is 6.10 Å². The zero-order valence-corrected chi connectivity index (χ0v) is 9.58. The zero-order valence-electron chi connectivity index (χ0n) is 8.76. The van der Waals surface area contributed by atoms with E-state index in [-0.39, 0.29) is 0 Å². The number of rotatable bonds is 6. The third-order valence-corrected chi connectivity index (χ3v) is 2.81. The van der Waals surface area contributed by atoms with Crippen LogP contribution >= 0.6 is 12.2 Å². The molecule has 0 saturated heterocycles. The minimum atomic E-state index is -0.561. The lowest BCUT2D eigenvalue weighted by Crippen LogP contribution is -2.46. The van der Waals surface area contributed by atoms with Gasteiger partial charge in [-0.15, -0.1) is 0 Å². The smallest absolute Gasteiger partial charge is 0.133 e. The molecule has 1 aliphatic rings. The maximum Gasteiger partial charge on any atom is 0.133 e. The van der Waals surface area contributed by atoms with Crippen molar-refractivity contribution in [3.63, 3.8) is 0 Å². The highest BCUT2D eigenvalue weighted by atomic mass is 32.1. The van der Waals surface area contributed by atoms with Crippen LogP contribution in [0.5, 0.6) is 0 Å². The van der Waals surface area contributed by atoms with E-state index in [2.05, 4.69) is 17.6 Å². The highest BCUT2D eigenvalue weighted by Gasteiger charge is 2.32. The Morgan fingerprint density at radius 1 is 1.43 bits per heavy atom. The van der Waals surface area contributed by atoms with Gasteiger partial charge in [-0.3, -0.25) is 0 Å². The first-order valence-electron chi connectivity index (χ1n) is 5.10. The fourth-order valence-electron chi connectivity index (χ4n) is 1.50. The molecule has 0 aromatic heterocycles. The average molecular weight is 214 g/mol. The molecule has 80 valence electrons. The standard InChI is InChI=1S/C10H18N2OS/c1-3-4-5-6-12-7-8(11-2)10(14)9(7)13/h9,11-13H,3-6H2,1-2H3. The SMILES string of the molecule is CCCCCNC1=C(NC)C(=S)C1O. The molecule has 0 saturated carbocycles. The van der Waals surface area contributed by atoms with Crippen LogP contribution in [-0.4, -0.2) is 29.7 Å². The Hall–Kier alpha value is -0.610. The lowest BCUT2D eigenvalue weighted by atomic mass is 9.96. The molecular weight excluding hydrogens is 196 g/mol. The first kappa shape index (κ1) is 11.5. The fourth-order valence-corrected chi connectivity index (χ4v) is 1.83. The van der Waals surface area contributed by atoms with E-state index >= 15 is 0 Å². The minimum Gasteiger partial charge on any atom is -0.386 e. The molecule has 1 unspecified atom stereocenters. The Balaban J connectivity index is 2.36. The van der Waals surface area contributed by atoms with Crippen molar-refractivity contribution in [2.75, 3.05) is 13.6 Å². The lowest BCUT2D eigenvalue weighted by molar-refractivity contribution is 0.256. The second kappa shape index (κ2) is 5.32. The summed E-state index contributed by atoms with van der Waals surface area (Å²) in [5.74, 6) is 0. The van der Waals surface area contributed by atoms with E-state index in [0.717, 1.165) is 24.4 Å². The number of hydrogen-bond donors (Lipinski definition) is 3. The number of unbranched alkanes of at least 4 members (excludes halogenated alkanes) is 2. The van der Waals surface area contributed by atoms with E-state index in [1.165, 1.54) is 12.8 Å². The van der Waals surface area contributed by atoms with E-state index in [0.29, 0.717) is 4.86 Å². The quantitative estimate of drug-likeness (QED) is 0.455. The number of hydrogen-bond acceptors (Lipinski definition) is 4. The van der Waals surface area contributed by atoms with Crippen molar-refractivity contribution in [3.05, 3.63) is 11.4 Å². The van der Waals surface area contributed by atoms with E-state index in [1.54, 1.807) is 0 Å². The molecule has 0 radical (unpaired) electrons. The van der Waals surface area contributed by atoms with E-state index in [9.17, 15) is 5.11 Å². The van der Waals surface area contributed by atoms with Gasteiger partial charge in [0.15, 0.2) is 0 Å². The summed E-state index contributed by atoms with van der Waals surface area (Å²) in [5, 5.41) is 15.7. The number of aliphatic hydroxyl groups is 1. The van der Waals surface area contributed by atoms with Gasteiger partial charge in [0, 0.05) is 13.6 Å². The molecule has 0 fully saturated rings. The highest BCUT2D eigenvalue weighted by molar-refractivity contribution is 7.81. The summed E-state index contributed by atoms with van der Waals surface area (Å²) in [6, 6.07) is 0. The molecule has 1 aliphatic carbocycles. The van der Waals surface area contributed by atoms with Crippen molar-refractivity contribution < 1.29 is 5.11 Å². The van der Waals surface area contributed by atoms with Crippen LogP contribution < -0.4 is 10.6 Å². The van der Waals surface area contributed by atoms with Crippen molar-refractivity contribution in [1.82, 2.24) is 10.6 Å². The predicted octanol–water partition coefficient (Wildman–Crippen LogP) is 0.942. The van der Waals surface area contributed by atoms with Crippen LogP contribution in [0.3, 0.4) is 0 Å². The van der Waals surface area contributed by atoms with Crippen molar-refractivity contribution in [3.8, 4) is 0 Å². The molecular formula is C10H18N2OS. The Morgan fingerprint density at radius 2 is 2.14 bits per heavy atom. The van der Waals surface area contributed by atoms with Gasteiger partial charge >= 0.3 is 0 Å². The molecule has 4 heteroatoms. The topological polar surface area (TPSA) is 44.3 Å². The third-order valence-electron chi connectivity index (χ3n) is 2.38. The van der Waals surface area contributed by atoms with Crippen LogP contribution in [-0.2, 0) is 0 Å². The second-order valence-corrected chi connectivity index (χ2v) is 3.88. The Kier molecular flexibility index (Phi) is 4.35. The summed E-state index contributed by atoms with van der Waals surface area (Å²) in [5.41, 5.74) is 1.75. The van der Waals surface area contributed by atoms with Gasteiger partial charge in [0.2, 0.25) is 0 Å². The van der Waals surface area contributed by atoms with Gasteiger partial charge in [0.1, 0.15) is 6.10 Å². The van der Waals surface area contributed by atoms with E-state index in [1.807, 2.05) is 7.05 Å². The molecule has 0 aliphatic heterocycles. The Bertz CT molecular complexity index is 251. The molecule has 1 atom stereocenters. The van der Waals surface area contributed by atoms with E-state index in [4.69, 9.17) is 12.2 Å². The van der Waals surface area contributed by atoms with Gasteiger partial charge in [0.25, 0.3) is 0 Å². The number of nitrogens with one attached hydrogen (secondary N) is 2. The van der Waals surface area contributed by atoms with Crippen LogP contribution in [0.4, 0.5) is 0 Å². The maximum absolute atomic E-state index is 9.53. The predicted molar refractivity (Wildman–Crippen MR) is 62.2 cm³/mol. The second-order valence-electron chi connectivity index (χ2n) is 3.44. The summed E-state index contributed by atoms with van der Waals surface area (Å²) in [6.45, 7) is 3.08. The van der Waals surface area contributed by atoms with Gasteiger partial charge in [-0.25, -0.2) is 0 Å². The average Bonchev–Trinajstić information content (AvgIpc) is 2.21. The summed E-state index contributed by atoms with van der Waals surface area (Å²) in [7, 11) is 1.82. The molecule has 14 heavy (non-hydrogen) atoms. The molecule has 0 bridgehead atoms. The third kappa shape index (κ3) is 2.25. The summed E-state index contributed by atoms with van der Waals surface area (Å²) in [4.78, 5) is 0.616. The molecule has 1 rings (SSSR count). The molecule has 3 nitrogen and oxygen atoms in total. The van der Waals surface area contributed by atoms with Crippen LogP contribution in [0.25, 0.3) is 0 Å². The maximum atomic E-state index is 9.53. The monoisotopic (exact) mass is 214 g/mol. The van der Waals surface area contributed by atoms with Gasteiger partial charge in [-0.1, -0.05) is 32.0 Å². The van der Waals surface area contributed by atoms with Gasteiger partial charge in [0.05, 0.1) is 16.3 Å². The highest BCUT2D eigenvalue weighted by Crippen LogP contribution is 2.21. The Morgan fingerprint density at radius 3 is 2.71 bits per heavy atom. The van der Waals surface area contributed by atoms with Crippen molar-refractivity contribution in [2.45, 2.75) is 32.3 Å². The largest absolute Gasteiger partial charge is 0.386 e. The fraction of sp³-hybridized carbons (Fsp3) is 0.700. The first-order valence-corrected chi connectivity index (χ1v) is 5.51. The van der Waals surface area contributed by atoms with Crippen LogP contribution in [0.15, 0.2) is 11.4 Å². The van der Waals surface area contributed by atoms with Gasteiger partial charge in [-0.2, -0.15) is 0 Å². The molecule has 0 aromatic rings. The van der Waals surface area contributed by atoms with Gasteiger partial charge < -0.3 is 15.7 Å². The Labute approximate surface area is 90.6 Å². The minimum absolute atomic E-state index is 0.561. The van der Waals surface area contributed by atoms with Crippen molar-refractivity contribution >= 4 is 17.1 Å².